The number of carbonyl (C=O) groups excluding carboxylic acids is 3. The molecule has 1 saturated carbocycles. The van der Waals surface area contributed by atoms with E-state index in [-0.39, 0.29) is 36.2 Å². The van der Waals surface area contributed by atoms with Gasteiger partial charge in [0.1, 0.15) is 6.10 Å². The smallest absolute Gasteiger partial charge is 0.351 e. The molecule has 1 aromatic heterocycles. The summed E-state index contributed by atoms with van der Waals surface area (Å²) in [5.74, 6) is -0.245. The summed E-state index contributed by atoms with van der Waals surface area (Å²) >= 11 is 0. The van der Waals surface area contributed by atoms with E-state index < -0.39 is 48.6 Å². The zero-order valence-corrected chi connectivity index (χ0v) is 34.4. The third-order valence-corrected chi connectivity index (χ3v) is 10.8. The summed E-state index contributed by atoms with van der Waals surface area (Å²) in [6.07, 6.45) is 6.77. The summed E-state index contributed by atoms with van der Waals surface area (Å²) in [5.41, 5.74) is -0.645. The maximum atomic E-state index is 13.0. The second-order valence-electron chi connectivity index (χ2n) is 15.3. The molecule has 0 bridgehead atoms. The predicted octanol–water partition coefficient (Wildman–Crippen LogP) is 4.37. The average molecular weight is 791 g/mol. The number of rotatable bonds is 24. The van der Waals surface area contributed by atoms with Crippen LogP contribution in [0.1, 0.15) is 118 Å². The Balaban J connectivity index is 1.40. The number of carboxylic acids is 1. The molecule has 0 aromatic carbocycles. The van der Waals surface area contributed by atoms with E-state index in [2.05, 4.69) is 41.4 Å². The Morgan fingerprint density at radius 1 is 0.982 bits per heavy atom. The maximum Gasteiger partial charge on any atom is 0.351 e. The molecule has 1 unspecified atom stereocenters. The lowest BCUT2D eigenvalue weighted by Gasteiger charge is -2.44. The maximum absolute atomic E-state index is 13.0. The van der Waals surface area contributed by atoms with Crippen LogP contribution in [0.3, 0.4) is 0 Å². The molecule has 16 heteroatoms. The van der Waals surface area contributed by atoms with Crippen molar-refractivity contribution < 1.29 is 43.2 Å². The Labute approximate surface area is 331 Å². The van der Waals surface area contributed by atoms with Gasteiger partial charge in [-0.2, -0.15) is 4.98 Å². The highest BCUT2D eigenvalue weighted by Gasteiger charge is 2.48. The van der Waals surface area contributed by atoms with Gasteiger partial charge in [0.15, 0.2) is 18.1 Å². The number of ether oxygens (including phenoxy) is 4. The number of aromatic nitrogens is 2. The average Bonchev–Trinajstić information content (AvgIpc) is 3.49. The summed E-state index contributed by atoms with van der Waals surface area (Å²) in [6.45, 7) is 11.6. The Morgan fingerprint density at radius 2 is 1.70 bits per heavy atom. The third-order valence-electron chi connectivity index (χ3n) is 10.8. The standard InChI is InChI=1S/C40H66N6O10/c1-8-29-24-31(36(43-28(5)47)27(4)26(29)3)53-22-15-12-16-33(48)41-20-13-10-11-14-23-54-37-30(9-2)55-39(38(37)56-35(51)18-17-34(49)50)46-21-19-32(44-40(46)52)42-25-45(6)7/h19,21,25-27,29-31,36-39H,8-18,20,22-24H2,1-7H3,(H,41,48)(H,43,47)(H,49,50)/t26-,27+,29+,30-,31-,36-,37?,38+,39-/m1/s1. The third kappa shape index (κ3) is 14.9. The van der Waals surface area contributed by atoms with Gasteiger partial charge in [0.25, 0.3) is 0 Å². The molecule has 3 N–H and O–H groups in total. The Kier molecular flexibility index (Phi) is 19.9. The number of nitrogens with one attached hydrogen (secondary N) is 2. The van der Waals surface area contributed by atoms with E-state index in [1.807, 2.05) is 6.92 Å². The zero-order chi connectivity index (χ0) is 41.2. The van der Waals surface area contributed by atoms with E-state index in [0.717, 1.165) is 44.9 Å². The summed E-state index contributed by atoms with van der Waals surface area (Å²) in [4.78, 5) is 71.0. The van der Waals surface area contributed by atoms with Crippen molar-refractivity contribution in [2.75, 3.05) is 33.9 Å². The first-order valence-electron chi connectivity index (χ1n) is 20.4. The Hall–Kier alpha value is -3.89. The monoisotopic (exact) mass is 790 g/mol. The van der Waals surface area contributed by atoms with Crippen LogP contribution in [0.15, 0.2) is 22.1 Å². The number of aliphatic carboxylic acids is 1. The van der Waals surface area contributed by atoms with Crippen LogP contribution in [0.4, 0.5) is 5.82 Å². The number of unbranched alkanes of at least 4 members (excludes halogenated alkanes) is 4. The van der Waals surface area contributed by atoms with Gasteiger partial charge in [0.05, 0.1) is 37.4 Å². The van der Waals surface area contributed by atoms with E-state index in [1.54, 1.807) is 32.0 Å². The van der Waals surface area contributed by atoms with Crippen LogP contribution in [0.5, 0.6) is 0 Å². The molecule has 316 valence electrons. The van der Waals surface area contributed by atoms with Crippen LogP contribution >= 0.6 is 0 Å². The van der Waals surface area contributed by atoms with E-state index >= 15 is 0 Å². The van der Waals surface area contributed by atoms with Gasteiger partial charge in [-0.05, 0) is 62.3 Å². The molecule has 3 rings (SSSR count). The van der Waals surface area contributed by atoms with Gasteiger partial charge in [-0.1, -0.05) is 47.0 Å². The zero-order valence-electron chi connectivity index (χ0n) is 34.4. The van der Waals surface area contributed by atoms with Crippen molar-refractivity contribution in [2.24, 2.45) is 22.7 Å². The van der Waals surface area contributed by atoms with Crippen molar-refractivity contribution in [2.45, 2.75) is 148 Å². The second-order valence-corrected chi connectivity index (χ2v) is 15.3. The van der Waals surface area contributed by atoms with Gasteiger partial charge in [-0.3, -0.25) is 23.7 Å². The fourth-order valence-corrected chi connectivity index (χ4v) is 7.51. The van der Waals surface area contributed by atoms with E-state index in [0.29, 0.717) is 56.8 Å². The summed E-state index contributed by atoms with van der Waals surface area (Å²) in [5, 5.41) is 15.2. The van der Waals surface area contributed by atoms with E-state index in [4.69, 9.17) is 24.1 Å². The number of esters is 1. The van der Waals surface area contributed by atoms with Gasteiger partial charge in [-0.15, -0.1) is 0 Å². The molecular formula is C40H66N6O10. The fourth-order valence-electron chi connectivity index (χ4n) is 7.51. The lowest BCUT2D eigenvalue weighted by molar-refractivity contribution is -0.162. The molecule has 0 radical (unpaired) electrons. The first kappa shape index (κ1) is 46.5. The SMILES string of the molecule is CC[C@H]1C[C@@H](OCCCCC(=O)NCCCCCCOC2[C@@H](CC)O[C@@H](n3ccc(N=CN(C)C)nc3=O)[C@H]2OC(=O)CCC(=O)O)[C@H](NC(C)=O)[C@@H](C)[C@H]1C. The summed E-state index contributed by atoms with van der Waals surface area (Å²) in [6, 6.07) is 1.55. The molecular weight excluding hydrogens is 724 g/mol. The number of hydrogen-bond donors (Lipinski definition) is 3. The number of hydrogen-bond acceptors (Lipinski definition) is 11. The van der Waals surface area contributed by atoms with Gasteiger partial charge in [0.2, 0.25) is 11.8 Å². The number of nitrogens with zero attached hydrogens (tertiary/aromatic N) is 4. The minimum atomic E-state index is -1.13. The molecule has 0 spiro atoms. The summed E-state index contributed by atoms with van der Waals surface area (Å²) < 4.78 is 25.7. The lowest BCUT2D eigenvalue weighted by Crippen LogP contribution is -2.54. The first-order valence-corrected chi connectivity index (χ1v) is 20.4. The molecule has 56 heavy (non-hydrogen) atoms. The highest BCUT2D eigenvalue weighted by molar-refractivity contribution is 5.77. The van der Waals surface area contributed by atoms with Gasteiger partial charge in [-0.25, -0.2) is 9.79 Å². The van der Waals surface area contributed by atoms with Crippen molar-refractivity contribution in [3.8, 4) is 0 Å². The first-order chi connectivity index (χ1) is 26.7. The number of carboxylic acid groups (broad SMARTS) is 1. The molecule has 2 aliphatic rings. The molecule has 1 saturated heterocycles. The largest absolute Gasteiger partial charge is 0.481 e. The van der Waals surface area contributed by atoms with Crippen LogP contribution < -0.4 is 16.3 Å². The Bertz CT molecular complexity index is 1490. The summed E-state index contributed by atoms with van der Waals surface area (Å²) in [7, 11) is 3.58. The quantitative estimate of drug-likeness (QED) is 0.0579. The van der Waals surface area contributed by atoms with Crippen molar-refractivity contribution in [1.29, 1.82) is 0 Å². The number of carbonyl (C=O) groups is 4. The van der Waals surface area contributed by atoms with Crippen LogP contribution in [-0.4, -0.2) is 114 Å². The fraction of sp³-hybridized carbons (Fsp3) is 0.775. The molecule has 9 atom stereocenters. The molecule has 1 aromatic rings. The second kappa shape index (κ2) is 24.0. The molecule has 1 aliphatic carbocycles. The lowest BCUT2D eigenvalue weighted by atomic mass is 9.69. The predicted molar refractivity (Wildman–Crippen MR) is 210 cm³/mol. The number of amides is 2. The number of aliphatic imine (C=N–C) groups is 1. The van der Waals surface area contributed by atoms with Crippen molar-refractivity contribution >= 4 is 35.9 Å². The Morgan fingerprint density at radius 3 is 2.36 bits per heavy atom. The van der Waals surface area contributed by atoms with Crippen LogP contribution in [0.2, 0.25) is 0 Å². The van der Waals surface area contributed by atoms with Crippen molar-refractivity contribution in [3.05, 3.63) is 22.7 Å². The van der Waals surface area contributed by atoms with E-state index in [9.17, 15) is 24.0 Å². The van der Waals surface area contributed by atoms with Crippen LogP contribution in [0.25, 0.3) is 0 Å². The molecule has 1 aliphatic heterocycles. The van der Waals surface area contributed by atoms with Gasteiger partial charge < -0.3 is 39.6 Å². The van der Waals surface area contributed by atoms with Crippen molar-refractivity contribution in [3.63, 3.8) is 0 Å². The topological polar surface area (TPSA) is 200 Å². The van der Waals surface area contributed by atoms with Gasteiger partial charge in [0, 0.05) is 53.4 Å². The normalized spacial score (nSPS) is 26.2. The highest BCUT2D eigenvalue weighted by Crippen LogP contribution is 2.38. The van der Waals surface area contributed by atoms with Gasteiger partial charge >= 0.3 is 17.6 Å². The van der Waals surface area contributed by atoms with E-state index in [1.165, 1.54) is 17.1 Å². The highest BCUT2D eigenvalue weighted by atomic mass is 16.6. The molecule has 2 amide bonds. The minimum absolute atomic E-state index is 0.00371. The molecule has 2 fully saturated rings. The molecule has 2 heterocycles. The van der Waals surface area contributed by atoms with Crippen LogP contribution in [-0.2, 0) is 38.1 Å². The molecule has 16 nitrogen and oxygen atoms in total. The minimum Gasteiger partial charge on any atom is -0.481 e. The van der Waals surface area contributed by atoms with Crippen LogP contribution in [0, 0.1) is 17.8 Å². The van der Waals surface area contributed by atoms with Crippen molar-refractivity contribution in [1.82, 2.24) is 25.1 Å².